The molecule has 2 aliphatic heterocycles. The number of carbonyl (C=O) groups is 1. The Morgan fingerprint density at radius 2 is 2.07 bits per heavy atom. The molecule has 158 valence electrons. The highest BCUT2D eigenvalue weighted by Crippen LogP contribution is 2.34. The average molecular weight is 445 g/mol. The topological polar surface area (TPSA) is 89.3 Å². The third kappa shape index (κ3) is 4.59. The first-order valence-corrected chi connectivity index (χ1v) is 11.6. The smallest absolute Gasteiger partial charge is 0.286 e. The lowest BCUT2D eigenvalue weighted by Crippen LogP contribution is -2.45. The molecular formula is C21H24N4O3S2. The molecule has 1 fully saturated rings. The number of β-amino-alcohol motifs (C(OH)–C–C–N with tert-alkyl or cyclic N) is 1. The number of aromatic hydroxyl groups is 1. The molecule has 0 radical (unpaired) electrons. The summed E-state index contributed by atoms with van der Waals surface area (Å²) in [5.74, 6) is -0.0497. The molecule has 1 aromatic carbocycles. The van der Waals surface area contributed by atoms with Gasteiger partial charge in [-0.25, -0.2) is 4.98 Å². The lowest BCUT2D eigenvalue weighted by molar-refractivity contribution is -0.113. The largest absolute Gasteiger partial charge is 0.507 e. The van der Waals surface area contributed by atoms with Gasteiger partial charge in [0, 0.05) is 38.1 Å². The summed E-state index contributed by atoms with van der Waals surface area (Å²) in [7, 11) is 1.99. The number of para-hydroxylation sites is 1. The van der Waals surface area contributed by atoms with E-state index in [0.29, 0.717) is 33.8 Å². The second kappa shape index (κ2) is 9.30. The fourth-order valence-corrected chi connectivity index (χ4v) is 5.38. The van der Waals surface area contributed by atoms with Gasteiger partial charge < -0.3 is 20.0 Å². The van der Waals surface area contributed by atoms with Crippen LogP contribution in [-0.2, 0) is 4.79 Å². The zero-order chi connectivity index (χ0) is 21.1. The zero-order valence-electron chi connectivity index (χ0n) is 16.7. The van der Waals surface area contributed by atoms with E-state index in [1.807, 2.05) is 24.6 Å². The molecule has 4 rings (SSSR count). The van der Waals surface area contributed by atoms with E-state index >= 15 is 0 Å². The Kier molecular flexibility index (Phi) is 6.52. The summed E-state index contributed by atoms with van der Waals surface area (Å²) in [6.07, 6.45) is 3.74. The summed E-state index contributed by atoms with van der Waals surface area (Å²) in [5, 5.41) is 22.4. The number of phenolic OH excluding ortho intramolecular Hbond substituents is 1. The molecule has 0 spiro atoms. The van der Waals surface area contributed by atoms with E-state index < -0.39 is 0 Å². The number of hydrogen-bond donors (Lipinski definition) is 2. The highest BCUT2D eigenvalue weighted by molar-refractivity contribution is 8.18. The van der Waals surface area contributed by atoms with E-state index in [2.05, 4.69) is 19.8 Å². The van der Waals surface area contributed by atoms with Crippen molar-refractivity contribution in [3.05, 3.63) is 40.2 Å². The second-order valence-corrected chi connectivity index (χ2v) is 9.18. The summed E-state index contributed by atoms with van der Waals surface area (Å²) in [6.45, 7) is 2.79. The van der Waals surface area contributed by atoms with Crippen LogP contribution >= 0.6 is 23.1 Å². The number of carbonyl (C=O) groups excluding carboxylic acids is 1. The van der Waals surface area contributed by atoms with Gasteiger partial charge in [-0.15, -0.1) is 11.3 Å². The molecule has 30 heavy (non-hydrogen) atoms. The fraction of sp³-hybridized carbons (Fsp3) is 0.381. The van der Waals surface area contributed by atoms with Crippen molar-refractivity contribution in [2.24, 2.45) is 4.99 Å². The molecule has 1 amide bonds. The molecule has 1 saturated heterocycles. The van der Waals surface area contributed by atoms with E-state index in [-0.39, 0.29) is 18.3 Å². The molecule has 2 aromatic rings. The Morgan fingerprint density at radius 3 is 2.80 bits per heavy atom. The number of rotatable bonds is 5. The van der Waals surface area contributed by atoms with Crippen LogP contribution in [0.4, 0.5) is 0 Å². The Hall–Kier alpha value is -2.20. The molecule has 3 heterocycles. The number of amides is 1. The van der Waals surface area contributed by atoms with Gasteiger partial charge in [0.15, 0.2) is 5.17 Å². The van der Waals surface area contributed by atoms with Crippen molar-refractivity contribution < 1.29 is 15.0 Å². The Balaban J connectivity index is 1.41. The minimum absolute atomic E-state index is 0.188. The van der Waals surface area contributed by atoms with Crippen LogP contribution < -0.4 is 0 Å². The Bertz CT molecular complexity index is 980. The van der Waals surface area contributed by atoms with Gasteiger partial charge in [0.05, 0.1) is 22.8 Å². The highest BCUT2D eigenvalue weighted by atomic mass is 32.2. The quantitative estimate of drug-likeness (QED) is 0.686. The third-order valence-electron chi connectivity index (χ3n) is 5.37. The van der Waals surface area contributed by atoms with E-state index in [4.69, 9.17) is 5.11 Å². The molecule has 0 saturated carbocycles. The van der Waals surface area contributed by atoms with Crippen LogP contribution in [0.2, 0.25) is 0 Å². The van der Waals surface area contributed by atoms with Gasteiger partial charge in [0.1, 0.15) is 10.8 Å². The Morgan fingerprint density at radius 1 is 1.30 bits per heavy atom. The number of hydrogen-bond acceptors (Lipinski definition) is 8. The lowest BCUT2D eigenvalue weighted by Gasteiger charge is -2.36. The molecule has 0 bridgehead atoms. The van der Waals surface area contributed by atoms with Crippen molar-refractivity contribution in [1.29, 1.82) is 0 Å². The Labute approximate surface area is 183 Å². The van der Waals surface area contributed by atoms with Crippen LogP contribution in [0.25, 0.3) is 16.6 Å². The fourth-order valence-electron chi connectivity index (χ4n) is 3.64. The number of nitrogens with zero attached hydrogens (tertiary/aromatic N) is 4. The number of phenols is 1. The number of aliphatic imine (C=N–C) groups is 1. The number of aliphatic hydroxyl groups excluding tert-OH is 1. The first-order chi connectivity index (χ1) is 14.5. The predicted molar refractivity (Wildman–Crippen MR) is 122 cm³/mol. The maximum atomic E-state index is 12.4. The molecular weight excluding hydrogens is 420 g/mol. The van der Waals surface area contributed by atoms with Crippen LogP contribution in [0.15, 0.2) is 39.5 Å². The number of thioether (sulfide) groups is 1. The summed E-state index contributed by atoms with van der Waals surface area (Å²) in [5.41, 5.74) is 1.37. The lowest BCUT2D eigenvalue weighted by atomic mass is 10.0. The summed E-state index contributed by atoms with van der Waals surface area (Å²) in [4.78, 5) is 26.2. The van der Waals surface area contributed by atoms with Crippen LogP contribution in [-0.4, -0.2) is 75.4 Å². The number of amidine groups is 1. The monoisotopic (exact) mass is 444 g/mol. The maximum Gasteiger partial charge on any atom is 0.286 e. The van der Waals surface area contributed by atoms with E-state index in [1.54, 1.807) is 18.2 Å². The van der Waals surface area contributed by atoms with Crippen molar-refractivity contribution in [2.75, 3.05) is 33.3 Å². The number of aliphatic hydroxyl groups is 1. The van der Waals surface area contributed by atoms with Gasteiger partial charge in [-0.2, -0.15) is 4.99 Å². The van der Waals surface area contributed by atoms with Crippen molar-refractivity contribution in [1.82, 2.24) is 14.8 Å². The molecule has 0 aliphatic carbocycles. The highest BCUT2D eigenvalue weighted by Gasteiger charge is 2.30. The maximum absolute atomic E-state index is 12.4. The first-order valence-electron chi connectivity index (χ1n) is 9.87. The van der Waals surface area contributed by atoms with E-state index in [9.17, 15) is 9.90 Å². The molecule has 1 aromatic heterocycles. The van der Waals surface area contributed by atoms with Gasteiger partial charge in [0.2, 0.25) is 0 Å². The van der Waals surface area contributed by atoms with E-state index in [1.165, 1.54) is 23.1 Å². The zero-order valence-corrected chi connectivity index (χ0v) is 18.3. The normalized spacial score (nSPS) is 19.5. The first kappa shape index (κ1) is 21.0. The van der Waals surface area contributed by atoms with Crippen molar-refractivity contribution in [2.45, 2.75) is 18.9 Å². The molecule has 7 nitrogen and oxygen atoms in total. The molecule has 2 N–H and O–H groups in total. The van der Waals surface area contributed by atoms with Crippen molar-refractivity contribution in [3.63, 3.8) is 0 Å². The van der Waals surface area contributed by atoms with Crippen LogP contribution in [0.5, 0.6) is 5.75 Å². The van der Waals surface area contributed by atoms with Gasteiger partial charge in [0.25, 0.3) is 5.91 Å². The van der Waals surface area contributed by atoms with Gasteiger partial charge in [-0.3, -0.25) is 4.79 Å². The minimum atomic E-state index is -0.239. The van der Waals surface area contributed by atoms with Crippen molar-refractivity contribution >= 4 is 40.2 Å². The molecule has 0 atom stereocenters. The predicted octanol–water partition coefficient (Wildman–Crippen LogP) is 2.87. The standard InChI is InChI=1S/C21H24N4O3S2/c1-24(15-6-8-25(9-7-15)10-11-26)21-23-19(28)18(30-21)12-14-13-29-20(22-14)16-4-2-3-5-17(16)27/h2-5,12-13,15,26-27H,6-11H2,1H3/b18-12+. The summed E-state index contributed by atoms with van der Waals surface area (Å²) >= 11 is 2.81. The van der Waals surface area contributed by atoms with Crippen LogP contribution in [0.1, 0.15) is 18.5 Å². The van der Waals surface area contributed by atoms with Crippen LogP contribution in [0, 0.1) is 0 Å². The van der Waals surface area contributed by atoms with Crippen molar-refractivity contribution in [3.8, 4) is 16.3 Å². The summed E-state index contributed by atoms with van der Waals surface area (Å²) in [6, 6.07) is 7.42. The molecule has 0 unspecified atom stereocenters. The van der Waals surface area contributed by atoms with Crippen LogP contribution in [0.3, 0.4) is 0 Å². The number of benzene rings is 1. The number of aromatic nitrogens is 1. The third-order valence-corrected chi connectivity index (χ3v) is 7.34. The van der Waals surface area contributed by atoms with Gasteiger partial charge in [-0.05, 0) is 42.8 Å². The number of thiazole rings is 1. The number of likely N-dealkylation sites (tertiary alicyclic amines) is 1. The van der Waals surface area contributed by atoms with Gasteiger partial charge >= 0.3 is 0 Å². The van der Waals surface area contributed by atoms with E-state index in [0.717, 1.165) is 31.1 Å². The second-order valence-electron chi connectivity index (χ2n) is 7.31. The molecule has 9 heteroatoms. The van der Waals surface area contributed by atoms with Gasteiger partial charge in [-0.1, -0.05) is 12.1 Å². The minimum Gasteiger partial charge on any atom is -0.507 e. The SMILES string of the molecule is CN(C1=NC(=O)/C(=C\c2csc(-c3ccccc3O)n2)S1)C1CCN(CCO)CC1. The molecule has 2 aliphatic rings. The number of piperidine rings is 1. The summed E-state index contributed by atoms with van der Waals surface area (Å²) < 4.78 is 0. The average Bonchev–Trinajstić information content (AvgIpc) is 3.36.